The van der Waals surface area contributed by atoms with Crippen LogP contribution in [0.4, 0.5) is 5.69 Å². The third kappa shape index (κ3) is 5.32. The number of hydrogen-bond acceptors (Lipinski definition) is 5. The Kier molecular flexibility index (Phi) is 7.14. The van der Waals surface area contributed by atoms with Gasteiger partial charge in [-0.1, -0.05) is 54.6 Å². The van der Waals surface area contributed by atoms with Crippen molar-refractivity contribution in [3.63, 3.8) is 0 Å². The number of nitrogens with zero attached hydrogens (tertiary/aromatic N) is 1. The summed E-state index contributed by atoms with van der Waals surface area (Å²) in [7, 11) is 0. The molecular weight excluding hydrogens is 466 g/mol. The van der Waals surface area contributed by atoms with E-state index in [0.717, 1.165) is 23.1 Å². The number of hydrogen-bond donors (Lipinski definition) is 2. The number of aryl methyl sites for hydroxylation is 2. The van der Waals surface area contributed by atoms with Crippen molar-refractivity contribution in [3.8, 4) is 22.6 Å². The molecule has 1 fully saturated rings. The van der Waals surface area contributed by atoms with Crippen molar-refractivity contribution in [1.82, 2.24) is 10.3 Å². The molecule has 5 rings (SSSR count). The van der Waals surface area contributed by atoms with Gasteiger partial charge in [0.25, 0.3) is 11.8 Å². The Labute approximate surface area is 215 Å². The van der Waals surface area contributed by atoms with Crippen molar-refractivity contribution in [1.29, 1.82) is 0 Å². The number of benzene rings is 3. The lowest BCUT2D eigenvalue weighted by Crippen LogP contribution is -2.27. The highest BCUT2D eigenvalue weighted by Crippen LogP contribution is 2.30. The van der Waals surface area contributed by atoms with Gasteiger partial charge in [-0.3, -0.25) is 9.59 Å². The summed E-state index contributed by atoms with van der Waals surface area (Å²) >= 11 is 0. The highest BCUT2D eigenvalue weighted by atomic mass is 16.5. The molecule has 1 aromatic heterocycles. The SMILES string of the molecule is Cc1ccccc1-c1ccccc1C(=O)NCc1nc(-c2ccccc2NC(=O)C2CCCO2)oc1C. The first-order valence-corrected chi connectivity index (χ1v) is 12.4. The van der Waals surface area contributed by atoms with E-state index in [-0.39, 0.29) is 18.4 Å². The van der Waals surface area contributed by atoms with E-state index in [1.165, 1.54) is 0 Å². The molecule has 37 heavy (non-hydrogen) atoms. The Balaban J connectivity index is 1.33. The molecular formula is C30H29N3O4. The molecule has 2 heterocycles. The zero-order chi connectivity index (χ0) is 25.8. The number of anilines is 1. The second-order valence-corrected chi connectivity index (χ2v) is 9.10. The van der Waals surface area contributed by atoms with Crippen molar-refractivity contribution in [3.05, 3.63) is 95.4 Å². The van der Waals surface area contributed by atoms with E-state index in [0.29, 0.717) is 47.2 Å². The van der Waals surface area contributed by atoms with Gasteiger partial charge in [0.2, 0.25) is 5.89 Å². The zero-order valence-corrected chi connectivity index (χ0v) is 20.9. The molecule has 0 aliphatic carbocycles. The first-order chi connectivity index (χ1) is 18.0. The molecule has 7 nitrogen and oxygen atoms in total. The fourth-order valence-electron chi connectivity index (χ4n) is 4.53. The lowest BCUT2D eigenvalue weighted by molar-refractivity contribution is -0.124. The highest BCUT2D eigenvalue weighted by molar-refractivity contribution is 6.01. The predicted molar refractivity (Wildman–Crippen MR) is 142 cm³/mol. The number of para-hydroxylation sites is 1. The Bertz CT molecular complexity index is 1440. The minimum atomic E-state index is -0.437. The van der Waals surface area contributed by atoms with Gasteiger partial charge in [0.1, 0.15) is 17.6 Å². The number of carbonyl (C=O) groups excluding carboxylic acids is 2. The van der Waals surface area contributed by atoms with E-state index >= 15 is 0 Å². The Morgan fingerprint density at radius 2 is 1.62 bits per heavy atom. The van der Waals surface area contributed by atoms with E-state index in [1.807, 2.05) is 86.6 Å². The van der Waals surface area contributed by atoms with Gasteiger partial charge in [-0.2, -0.15) is 0 Å². The van der Waals surface area contributed by atoms with E-state index in [1.54, 1.807) is 0 Å². The minimum absolute atomic E-state index is 0.173. The number of ether oxygens (including phenoxy) is 1. The molecule has 3 aromatic carbocycles. The molecule has 1 aliphatic rings. The van der Waals surface area contributed by atoms with Crippen molar-refractivity contribution in [2.45, 2.75) is 39.3 Å². The molecule has 4 aromatic rings. The van der Waals surface area contributed by atoms with Crippen LogP contribution in [0.15, 0.2) is 77.2 Å². The molecule has 0 spiro atoms. The molecule has 1 atom stereocenters. The summed E-state index contributed by atoms with van der Waals surface area (Å²) in [5.41, 5.74) is 5.50. The van der Waals surface area contributed by atoms with Crippen LogP contribution in [0.5, 0.6) is 0 Å². The maximum absolute atomic E-state index is 13.2. The maximum Gasteiger partial charge on any atom is 0.253 e. The summed E-state index contributed by atoms with van der Waals surface area (Å²) in [5.74, 6) is 0.619. The maximum atomic E-state index is 13.2. The Morgan fingerprint density at radius 3 is 2.38 bits per heavy atom. The predicted octanol–water partition coefficient (Wildman–Crippen LogP) is 5.67. The van der Waals surface area contributed by atoms with Crippen LogP contribution in [0.25, 0.3) is 22.6 Å². The van der Waals surface area contributed by atoms with Gasteiger partial charge in [-0.25, -0.2) is 4.98 Å². The molecule has 1 aliphatic heterocycles. The fraction of sp³-hybridized carbons (Fsp3) is 0.233. The van der Waals surface area contributed by atoms with Crippen molar-refractivity contribution < 1.29 is 18.7 Å². The molecule has 2 amide bonds. The number of carbonyl (C=O) groups is 2. The van der Waals surface area contributed by atoms with Crippen LogP contribution in [-0.2, 0) is 16.1 Å². The molecule has 1 unspecified atom stereocenters. The second kappa shape index (κ2) is 10.8. The topological polar surface area (TPSA) is 93.5 Å². The minimum Gasteiger partial charge on any atom is -0.441 e. The van der Waals surface area contributed by atoms with E-state index in [4.69, 9.17) is 9.15 Å². The molecule has 0 bridgehead atoms. The smallest absolute Gasteiger partial charge is 0.253 e. The van der Waals surface area contributed by atoms with Crippen LogP contribution in [0.1, 0.15) is 40.2 Å². The lowest BCUT2D eigenvalue weighted by atomic mass is 9.95. The normalized spacial score (nSPS) is 14.9. The number of amides is 2. The molecule has 1 saturated heterocycles. The van der Waals surface area contributed by atoms with Crippen LogP contribution >= 0.6 is 0 Å². The van der Waals surface area contributed by atoms with Crippen molar-refractivity contribution in [2.24, 2.45) is 0 Å². The van der Waals surface area contributed by atoms with Crippen LogP contribution in [0, 0.1) is 13.8 Å². The van der Waals surface area contributed by atoms with E-state index < -0.39 is 6.10 Å². The number of aromatic nitrogens is 1. The summed E-state index contributed by atoms with van der Waals surface area (Å²) in [5, 5.41) is 5.93. The lowest BCUT2D eigenvalue weighted by Gasteiger charge is -2.12. The van der Waals surface area contributed by atoms with Crippen LogP contribution in [0.2, 0.25) is 0 Å². The molecule has 0 radical (unpaired) electrons. The highest BCUT2D eigenvalue weighted by Gasteiger charge is 2.25. The fourth-order valence-corrected chi connectivity index (χ4v) is 4.53. The summed E-state index contributed by atoms with van der Waals surface area (Å²) in [6, 6.07) is 22.9. The summed E-state index contributed by atoms with van der Waals surface area (Å²) in [6.07, 6.45) is 1.15. The number of nitrogens with one attached hydrogen (secondary N) is 2. The molecule has 7 heteroatoms. The van der Waals surface area contributed by atoms with Gasteiger partial charge in [0.05, 0.1) is 17.8 Å². The first kappa shape index (κ1) is 24.5. The largest absolute Gasteiger partial charge is 0.441 e. The zero-order valence-electron chi connectivity index (χ0n) is 20.9. The van der Waals surface area contributed by atoms with Gasteiger partial charge in [-0.05, 0) is 61.6 Å². The van der Waals surface area contributed by atoms with Crippen LogP contribution < -0.4 is 10.6 Å². The molecule has 2 N–H and O–H groups in total. The third-order valence-electron chi connectivity index (χ3n) is 6.55. The van der Waals surface area contributed by atoms with E-state index in [2.05, 4.69) is 15.6 Å². The van der Waals surface area contributed by atoms with Gasteiger partial charge >= 0.3 is 0 Å². The van der Waals surface area contributed by atoms with Gasteiger partial charge < -0.3 is 19.8 Å². The number of oxazole rings is 1. The van der Waals surface area contributed by atoms with Gasteiger partial charge in [0, 0.05) is 12.2 Å². The van der Waals surface area contributed by atoms with Crippen LogP contribution in [-0.4, -0.2) is 29.5 Å². The van der Waals surface area contributed by atoms with Crippen molar-refractivity contribution >= 4 is 17.5 Å². The standard InChI is InChI=1S/C30H29N3O4/c1-19-10-3-4-11-21(19)22-12-5-6-13-23(22)28(34)31-18-26-20(2)37-30(33-26)24-14-7-8-15-25(24)32-29(35)27-16-9-17-36-27/h3-8,10-15,27H,9,16-18H2,1-2H3,(H,31,34)(H,32,35). The van der Waals surface area contributed by atoms with Gasteiger partial charge in [-0.15, -0.1) is 0 Å². The van der Waals surface area contributed by atoms with Crippen molar-refractivity contribution in [2.75, 3.05) is 11.9 Å². The average molecular weight is 496 g/mol. The molecule has 0 saturated carbocycles. The van der Waals surface area contributed by atoms with Gasteiger partial charge in [0.15, 0.2) is 0 Å². The molecule has 188 valence electrons. The summed E-state index contributed by atoms with van der Waals surface area (Å²) < 4.78 is 11.4. The second-order valence-electron chi connectivity index (χ2n) is 9.10. The van der Waals surface area contributed by atoms with Crippen LogP contribution in [0.3, 0.4) is 0 Å². The average Bonchev–Trinajstić information content (AvgIpc) is 3.58. The third-order valence-corrected chi connectivity index (χ3v) is 6.55. The summed E-state index contributed by atoms with van der Waals surface area (Å²) in [4.78, 5) is 30.4. The monoisotopic (exact) mass is 495 g/mol. The first-order valence-electron chi connectivity index (χ1n) is 12.4. The Hall–Kier alpha value is -4.23. The van der Waals surface area contributed by atoms with E-state index in [9.17, 15) is 9.59 Å². The quantitative estimate of drug-likeness (QED) is 0.344. The number of rotatable bonds is 7. The summed E-state index contributed by atoms with van der Waals surface area (Å²) in [6.45, 7) is 4.65. The Morgan fingerprint density at radius 1 is 0.919 bits per heavy atom.